The first-order valence-electron chi connectivity index (χ1n) is 4.93. The van der Waals surface area contributed by atoms with Gasteiger partial charge in [-0.3, -0.25) is 10.1 Å². The Labute approximate surface area is 97.8 Å². The largest absolute Gasteiger partial charge is 0.326 e. The number of hydrogen-bond donors (Lipinski definition) is 2. The number of para-hydroxylation sites is 1. The average Bonchev–Trinajstić information content (AvgIpc) is 2.93. The number of rotatable bonds is 4. The molecule has 1 aromatic carbocycles. The van der Waals surface area contributed by atoms with Crippen LogP contribution in [-0.2, 0) is 10.0 Å². The topological polar surface area (TPSA) is 115 Å². The van der Waals surface area contributed by atoms with Gasteiger partial charge in [0.2, 0.25) is 10.0 Å². The van der Waals surface area contributed by atoms with E-state index in [2.05, 4.69) is 4.72 Å². The number of hydrogen-bond acceptors (Lipinski definition) is 5. The lowest BCUT2D eigenvalue weighted by Gasteiger charge is -2.05. The number of nitrogens with two attached hydrogens (primary N) is 1. The maximum Gasteiger partial charge on any atom is 0.289 e. The highest BCUT2D eigenvalue weighted by atomic mass is 32.2. The van der Waals surface area contributed by atoms with Gasteiger partial charge in [0.15, 0.2) is 4.90 Å². The molecule has 92 valence electrons. The second kappa shape index (κ2) is 4.06. The molecule has 3 N–H and O–H groups in total. The third-order valence-electron chi connectivity index (χ3n) is 2.50. The van der Waals surface area contributed by atoms with Crippen LogP contribution in [0.4, 0.5) is 5.69 Å². The Balaban J connectivity index is 2.35. The Morgan fingerprint density at radius 3 is 2.53 bits per heavy atom. The fraction of sp³-hybridized carbons (Fsp3) is 0.333. The van der Waals surface area contributed by atoms with Crippen molar-refractivity contribution in [1.29, 1.82) is 0 Å². The maximum absolute atomic E-state index is 11.9. The predicted octanol–water partition coefficient (Wildman–Crippen LogP) is -0.0273. The summed E-state index contributed by atoms with van der Waals surface area (Å²) < 4.78 is 26.1. The van der Waals surface area contributed by atoms with Gasteiger partial charge in [0.25, 0.3) is 5.69 Å². The van der Waals surface area contributed by atoms with E-state index >= 15 is 0 Å². The van der Waals surface area contributed by atoms with E-state index in [-0.39, 0.29) is 17.0 Å². The molecule has 1 aliphatic rings. The van der Waals surface area contributed by atoms with Crippen LogP contribution in [0.3, 0.4) is 0 Å². The van der Waals surface area contributed by atoms with Crippen LogP contribution in [0.2, 0.25) is 0 Å². The monoisotopic (exact) mass is 257 g/mol. The van der Waals surface area contributed by atoms with Gasteiger partial charge in [0, 0.05) is 18.2 Å². The van der Waals surface area contributed by atoms with E-state index in [1.807, 2.05) is 0 Å². The first-order valence-corrected chi connectivity index (χ1v) is 6.41. The summed E-state index contributed by atoms with van der Waals surface area (Å²) in [6, 6.07) is 4.69. The van der Waals surface area contributed by atoms with Gasteiger partial charge in [-0.05, 0) is 12.5 Å². The van der Waals surface area contributed by atoms with Crippen LogP contribution in [0.15, 0.2) is 29.2 Å². The Hall–Kier alpha value is -1.51. The van der Waals surface area contributed by atoms with E-state index in [1.54, 1.807) is 0 Å². The van der Waals surface area contributed by atoms with E-state index in [4.69, 9.17) is 5.73 Å². The molecule has 2 atom stereocenters. The highest BCUT2D eigenvalue weighted by Crippen LogP contribution is 2.26. The minimum atomic E-state index is -3.88. The molecule has 7 nitrogen and oxygen atoms in total. The molecule has 0 aromatic heterocycles. The van der Waals surface area contributed by atoms with Crippen molar-refractivity contribution in [2.24, 2.45) is 5.73 Å². The van der Waals surface area contributed by atoms with Gasteiger partial charge in [0.05, 0.1) is 4.92 Å². The highest BCUT2D eigenvalue weighted by Gasteiger charge is 2.38. The van der Waals surface area contributed by atoms with Crippen molar-refractivity contribution in [1.82, 2.24) is 4.72 Å². The summed E-state index contributed by atoms with van der Waals surface area (Å²) >= 11 is 0. The molecule has 0 aliphatic heterocycles. The quantitative estimate of drug-likeness (QED) is 0.580. The third-order valence-corrected chi connectivity index (χ3v) is 4.04. The lowest BCUT2D eigenvalue weighted by atomic mass is 10.3. The molecule has 1 fully saturated rings. The minimum Gasteiger partial charge on any atom is -0.326 e. The minimum absolute atomic E-state index is 0.201. The van der Waals surface area contributed by atoms with Crippen molar-refractivity contribution in [2.75, 3.05) is 0 Å². The zero-order valence-corrected chi connectivity index (χ0v) is 9.55. The fourth-order valence-electron chi connectivity index (χ4n) is 1.45. The molecule has 0 amide bonds. The van der Waals surface area contributed by atoms with Crippen molar-refractivity contribution >= 4 is 15.7 Å². The van der Waals surface area contributed by atoms with Gasteiger partial charge >= 0.3 is 0 Å². The summed E-state index contributed by atoms with van der Waals surface area (Å²) in [4.78, 5) is 9.67. The number of nitrogens with zero attached hydrogens (tertiary/aromatic N) is 1. The van der Waals surface area contributed by atoms with Crippen molar-refractivity contribution in [3.8, 4) is 0 Å². The van der Waals surface area contributed by atoms with Crippen molar-refractivity contribution in [3.05, 3.63) is 34.4 Å². The second-order valence-electron chi connectivity index (χ2n) is 3.85. The Bertz CT molecular complexity index is 557. The number of nitro benzene ring substituents is 1. The SMILES string of the molecule is NC1CC1NS(=O)(=O)c1ccccc1[N+](=O)[O-]. The van der Waals surface area contributed by atoms with Crippen LogP contribution in [0.5, 0.6) is 0 Å². The Morgan fingerprint density at radius 2 is 2.00 bits per heavy atom. The van der Waals surface area contributed by atoms with E-state index in [1.165, 1.54) is 18.2 Å². The molecule has 0 heterocycles. The fourth-order valence-corrected chi connectivity index (χ4v) is 2.92. The number of sulfonamides is 1. The van der Waals surface area contributed by atoms with Gasteiger partial charge in [-0.25, -0.2) is 13.1 Å². The average molecular weight is 257 g/mol. The van der Waals surface area contributed by atoms with Crippen LogP contribution >= 0.6 is 0 Å². The first kappa shape index (κ1) is 12.0. The maximum atomic E-state index is 11.9. The van der Waals surface area contributed by atoms with Gasteiger partial charge < -0.3 is 5.73 Å². The van der Waals surface area contributed by atoms with E-state index in [0.29, 0.717) is 6.42 Å². The molecular formula is C9H11N3O4S. The number of benzene rings is 1. The normalized spacial score (nSPS) is 23.4. The molecule has 0 bridgehead atoms. The van der Waals surface area contributed by atoms with Gasteiger partial charge in [-0.2, -0.15) is 0 Å². The molecule has 2 rings (SSSR count). The summed E-state index contributed by atoms with van der Waals surface area (Å²) in [7, 11) is -3.88. The summed E-state index contributed by atoms with van der Waals surface area (Å²) in [5.74, 6) is 0. The second-order valence-corrected chi connectivity index (χ2v) is 5.53. The Morgan fingerprint density at radius 1 is 1.41 bits per heavy atom. The van der Waals surface area contributed by atoms with Crippen LogP contribution in [0.1, 0.15) is 6.42 Å². The summed E-state index contributed by atoms with van der Waals surface area (Å²) in [5.41, 5.74) is 5.05. The van der Waals surface area contributed by atoms with Crippen molar-refractivity contribution in [2.45, 2.75) is 23.4 Å². The van der Waals surface area contributed by atoms with E-state index in [9.17, 15) is 18.5 Å². The Kier molecular flexibility index (Phi) is 2.86. The zero-order chi connectivity index (χ0) is 12.6. The number of nitro groups is 1. The molecule has 1 aromatic rings. The molecule has 1 aliphatic carbocycles. The van der Waals surface area contributed by atoms with Crippen molar-refractivity contribution in [3.63, 3.8) is 0 Å². The van der Waals surface area contributed by atoms with Crippen LogP contribution in [0.25, 0.3) is 0 Å². The molecule has 0 radical (unpaired) electrons. The molecule has 0 saturated heterocycles. The van der Waals surface area contributed by atoms with E-state index < -0.39 is 20.6 Å². The molecule has 0 spiro atoms. The molecule has 2 unspecified atom stereocenters. The van der Waals surface area contributed by atoms with Gasteiger partial charge in [-0.15, -0.1) is 0 Å². The summed E-state index contributed by atoms with van der Waals surface area (Å²) in [6.07, 6.45) is 0.555. The van der Waals surface area contributed by atoms with E-state index in [0.717, 1.165) is 6.07 Å². The van der Waals surface area contributed by atoms with Gasteiger partial charge in [0.1, 0.15) is 0 Å². The lowest BCUT2D eigenvalue weighted by Crippen LogP contribution is -2.30. The highest BCUT2D eigenvalue weighted by molar-refractivity contribution is 7.89. The standard InChI is InChI=1S/C9H11N3O4S/c10-6-5-7(6)11-17(15,16)9-4-2-1-3-8(9)12(13)14/h1-4,6-7,11H,5,10H2. The summed E-state index contributed by atoms with van der Waals surface area (Å²) in [5, 5.41) is 10.7. The lowest BCUT2D eigenvalue weighted by molar-refractivity contribution is -0.387. The predicted molar refractivity (Wildman–Crippen MR) is 59.8 cm³/mol. The zero-order valence-electron chi connectivity index (χ0n) is 8.74. The van der Waals surface area contributed by atoms with Crippen LogP contribution < -0.4 is 10.5 Å². The summed E-state index contributed by atoms with van der Waals surface area (Å²) in [6.45, 7) is 0. The number of nitrogens with one attached hydrogen (secondary N) is 1. The molecule has 8 heteroatoms. The first-order chi connectivity index (χ1) is 7.92. The molecular weight excluding hydrogens is 246 g/mol. The van der Waals surface area contributed by atoms with Crippen molar-refractivity contribution < 1.29 is 13.3 Å². The third kappa shape index (κ3) is 2.43. The smallest absolute Gasteiger partial charge is 0.289 e. The molecule has 1 saturated carbocycles. The van der Waals surface area contributed by atoms with Gasteiger partial charge in [-0.1, -0.05) is 12.1 Å². The molecule has 17 heavy (non-hydrogen) atoms. The van der Waals surface area contributed by atoms with Crippen LogP contribution in [-0.4, -0.2) is 25.4 Å². The van der Waals surface area contributed by atoms with Crippen LogP contribution in [0, 0.1) is 10.1 Å².